The number of halogens is 1. The van der Waals surface area contributed by atoms with Gasteiger partial charge in [0.2, 0.25) is 0 Å². The van der Waals surface area contributed by atoms with Gasteiger partial charge in [-0.25, -0.2) is 4.79 Å². The second-order valence-electron chi connectivity index (χ2n) is 6.07. The number of piperidine rings is 1. The number of likely N-dealkylation sites (tertiary alicyclic amines) is 1. The summed E-state index contributed by atoms with van der Waals surface area (Å²) in [6.07, 6.45) is 2.03. The lowest BCUT2D eigenvalue weighted by Gasteiger charge is -2.33. The van der Waals surface area contributed by atoms with Crippen molar-refractivity contribution >= 4 is 23.3 Å². The monoisotopic (exact) mass is 309 g/mol. The summed E-state index contributed by atoms with van der Waals surface area (Å²) in [5.41, 5.74) is 0.758. The van der Waals surface area contributed by atoms with Gasteiger partial charge in [-0.05, 0) is 43.0 Å². The molecule has 1 aromatic carbocycles. The fraction of sp³-hybridized carbons (Fsp3) is 0.562. The molecule has 1 heterocycles. The number of nitrogens with zero attached hydrogens (tertiary/aromatic N) is 1. The molecule has 1 aliphatic heterocycles. The molecule has 0 aromatic heterocycles. The van der Waals surface area contributed by atoms with Gasteiger partial charge >= 0.3 is 6.03 Å². The Hall–Kier alpha value is -1.26. The maximum Gasteiger partial charge on any atom is 0.319 e. The highest BCUT2D eigenvalue weighted by atomic mass is 35.5. The minimum absolute atomic E-state index is 0.139. The molecule has 0 bridgehead atoms. The predicted octanol–water partition coefficient (Wildman–Crippen LogP) is 3.58. The molecule has 1 aromatic rings. The smallest absolute Gasteiger partial charge is 0.319 e. The van der Waals surface area contributed by atoms with Crippen molar-refractivity contribution in [1.29, 1.82) is 0 Å². The minimum atomic E-state index is -0.139. The average Bonchev–Trinajstić information content (AvgIpc) is 2.43. The highest BCUT2D eigenvalue weighted by Crippen LogP contribution is 2.14. The van der Waals surface area contributed by atoms with Gasteiger partial charge in [0.15, 0.2) is 0 Å². The van der Waals surface area contributed by atoms with E-state index < -0.39 is 0 Å². The van der Waals surface area contributed by atoms with Crippen molar-refractivity contribution in [2.45, 2.75) is 32.7 Å². The Labute approximate surface area is 131 Å². The van der Waals surface area contributed by atoms with Crippen molar-refractivity contribution < 1.29 is 4.79 Å². The van der Waals surface area contributed by atoms with E-state index in [9.17, 15) is 4.79 Å². The van der Waals surface area contributed by atoms with Crippen LogP contribution in [0.25, 0.3) is 0 Å². The molecule has 2 amide bonds. The first-order chi connectivity index (χ1) is 10.0. The lowest BCUT2D eigenvalue weighted by molar-refractivity contribution is 0.180. The van der Waals surface area contributed by atoms with E-state index in [0.29, 0.717) is 10.9 Å². The van der Waals surface area contributed by atoms with Gasteiger partial charge in [0, 0.05) is 36.4 Å². The van der Waals surface area contributed by atoms with Crippen LogP contribution >= 0.6 is 11.6 Å². The third-order valence-electron chi connectivity index (χ3n) is 3.65. The molecule has 21 heavy (non-hydrogen) atoms. The first-order valence-electron chi connectivity index (χ1n) is 7.58. The molecular weight excluding hydrogens is 286 g/mol. The summed E-state index contributed by atoms with van der Waals surface area (Å²) in [4.78, 5) is 14.4. The second kappa shape index (κ2) is 7.66. The van der Waals surface area contributed by atoms with Crippen LogP contribution < -0.4 is 10.6 Å². The van der Waals surface area contributed by atoms with Gasteiger partial charge in [0.25, 0.3) is 0 Å². The second-order valence-corrected chi connectivity index (χ2v) is 6.51. The van der Waals surface area contributed by atoms with Crippen molar-refractivity contribution in [3.8, 4) is 0 Å². The van der Waals surface area contributed by atoms with Crippen LogP contribution in [0, 0.1) is 5.92 Å². The first kappa shape index (κ1) is 16.1. The van der Waals surface area contributed by atoms with Gasteiger partial charge < -0.3 is 15.5 Å². The van der Waals surface area contributed by atoms with Crippen molar-refractivity contribution in [2.75, 3.05) is 25.0 Å². The Morgan fingerprint density at radius 2 is 1.90 bits per heavy atom. The van der Waals surface area contributed by atoms with E-state index in [-0.39, 0.29) is 12.1 Å². The van der Waals surface area contributed by atoms with E-state index in [1.807, 2.05) is 0 Å². The molecule has 0 aliphatic carbocycles. The topological polar surface area (TPSA) is 44.4 Å². The van der Waals surface area contributed by atoms with Crippen LogP contribution in [-0.2, 0) is 0 Å². The summed E-state index contributed by atoms with van der Waals surface area (Å²) in [6, 6.07) is 7.25. The van der Waals surface area contributed by atoms with Gasteiger partial charge in [-0.3, -0.25) is 0 Å². The molecule has 1 aliphatic rings. The molecule has 0 atom stereocenters. The van der Waals surface area contributed by atoms with Crippen molar-refractivity contribution in [3.63, 3.8) is 0 Å². The molecule has 2 N–H and O–H groups in total. The van der Waals surface area contributed by atoms with Crippen LogP contribution in [-0.4, -0.2) is 36.6 Å². The summed E-state index contributed by atoms with van der Waals surface area (Å²) >= 11 is 5.82. The van der Waals surface area contributed by atoms with E-state index in [0.717, 1.165) is 38.2 Å². The maximum atomic E-state index is 12.0. The Bertz CT molecular complexity index is 453. The highest BCUT2D eigenvalue weighted by molar-refractivity contribution is 6.30. The number of carbonyl (C=O) groups is 1. The standard InChI is InChI=1S/C16H24ClN3O/c1-12(2)11-20-9-7-15(8-10-20)19-16(21)18-14-5-3-13(17)4-6-14/h3-6,12,15H,7-11H2,1-2H3,(H2,18,19,21). The number of rotatable bonds is 4. The highest BCUT2D eigenvalue weighted by Gasteiger charge is 2.20. The predicted molar refractivity (Wildman–Crippen MR) is 87.9 cm³/mol. The molecule has 0 radical (unpaired) electrons. The van der Waals surface area contributed by atoms with E-state index in [4.69, 9.17) is 11.6 Å². The Morgan fingerprint density at radius 3 is 2.48 bits per heavy atom. The number of carbonyl (C=O) groups excluding carboxylic acids is 1. The number of nitrogens with one attached hydrogen (secondary N) is 2. The van der Waals surface area contributed by atoms with Gasteiger partial charge in [0.05, 0.1) is 0 Å². The molecule has 1 saturated heterocycles. The molecule has 5 heteroatoms. The molecule has 2 rings (SSSR count). The zero-order valence-corrected chi connectivity index (χ0v) is 13.5. The van der Waals surface area contributed by atoms with Crippen LogP contribution in [0.4, 0.5) is 10.5 Å². The largest absolute Gasteiger partial charge is 0.335 e. The summed E-state index contributed by atoms with van der Waals surface area (Å²) in [5.74, 6) is 0.697. The minimum Gasteiger partial charge on any atom is -0.335 e. The molecular formula is C16H24ClN3O. The van der Waals surface area contributed by atoms with Crippen molar-refractivity contribution in [1.82, 2.24) is 10.2 Å². The van der Waals surface area contributed by atoms with E-state index >= 15 is 0 Å². The molecule has 0 unspecified atom stereocenters. The number of hydrogen-bond donors (Lipinski definition) is 2. The van der Waals surface area contributed by atoms with Crippen molar-refractivity contribution in [2.24, 2.45) is 5.92 Å². The quantitative estimate of drug-likeness (QED) is 0.893. The number of benzene rings is 1. The fourth-order valence-corrected chi connectivity index (χ4v) is 2.79. The first-order valence-corrected chi connectivity index (χ1v) is 7.96. The average molecular weight is 310 g/mol. The van der Waals surface area contributed by atoms with E-state index in [1.165, 1.54) is 0 Å². The summed E-state index contributed by atoms with van der Waals surface area (Å²) in [6.45, 7) is 7.74. The van der Waals surface area contributed by atoms with Crippen LogP contribution in [0.3, 0.4) is 0 Å². The summed E-state index contributed by atoms with van der Waals surface area (Å²) in [5, 5.41) is 6.55. The SMILES string of the molecule is CC(C)CN1CCC(NC(=O)Nc2ccc(Cl)cc2)CC1. The molecule has 116 valence electrons. The lowest BCUT2D eigenvalue weighted by atomic mass is 10.0. The van der Waals surface area contributed by atoms with Crippen LogP contribution in [0.1, 0.15) is 26.7 Å². The molecule has 0 saturated carbocycles. The summed E-state index contributed by atoms with van der Waals surface area (Å²) in [7, 11) is 0. The Kier molecular flexibility index (Phi) is 5.88. The molecule has 0 spiro atoms. The number of urea groups is 1. The number of hydrogen-bond acceptors (Lipinski definition) is 2. The lowest BCUT2D eigenvalue weighted by Crippen LogP contribution is -2.46. The number of anilines is 1. The third kappa shape index (κ3) is 5.56. The fourth-order valence-electron chi connectivity index (χ4n) is 2.66. The maximum absolute atomic E-state index is 12.0. The van der Waals surface area contributed by atoms with Gasteiger partial charge in [-0.1, -0.05) is 25.4 Å². The molecule has 1 fully saturated rings. The van der Waals surface area contributed by atoms with Crippen LogP contribution in [0.2, 0.25) is 5.02 Å². The normalized spacial score (nSPS) is 17.0. The third-order valence-corrected chi connectivity index (χ3v) is 3.90. The van der Waals surface area contributed by atoms with Crippen LogP contribution in [0.5, 0.6) is 0 Å². The molecule has 4 nitrogen and oxygen atoms in total. The van der Waals surface area contributed by atoms with Gasteiger partial charge in [-0.15, -0.1) is 0 Å². The Morgan fingerprint density at radius 1 is 1.29 bits per heavy atom. The Balaban J connectivity index is 1.73. The zero-order chi connectivity index (χ0) is 15.2. The van der Waals surface area contributed by atoms with Gasteiger partial charge in [-0.2, -0.15) is 0 Å². The number of amides is 2. The van der Waals surface area contributed by atoms with Gasteiger partial charge in [0.1, 0.15) is 0 Å². The van der Waals surface area contributed by atoms with Crippen molar-refractivity contribution in [3.05, 3.63) is 29.3 Å². The van der Waals surface area contributed by atoms with Crippen LogP contribution in [0.15, 0.2) is 24.3 Å². The summed E-state index contributed by atoms with van der Waals surface area (Å²) < 4.78 is 0. The van der Waals surface area contributed by atoms with E-state index in [2.05, 4.69) is 29.4 Å². The zero-order valence-electron chi connectivity index (χ0n) is 12.7. The van der Waals surface area contributed by atoms with E-state index in [1.54, 1.807) is 24.3 Å².